The summed E-state index contributed by atoms with van der Waals surface area (Å²) in [7, 11) is 1.60. The van der Waals surface area contributed by atoms with Crippen LogP contribution in [0.15, 0.2) is 18.2 Å². The molecule has 0 bridgehead atoms. The lowest BCUT2D eigenvalue weighted by atomic mass is 10.2. The fourth-order valence-corrected chi connectivity index (χ4v) is 1.50. The van der Waals surface area contributed by atoms with Crippen LogP contribution in [-0.2, 0) is 9.53 Å². The molecule has 0 amide bonds. The highest BCUT2D eigenvalue weighted by Crippen LogP contribution is 2.24. The smallest absolute Gasteiger partial charge is 0.325 e. The molecule has 4 nitrogen and oxygen atoms in total. The van der Waals surface area contributed by atoms with E-state index in [1.54, 1.807) is 7.11 Å². The molecule has 1 aromatic rings. The number of hydrogen-bond donors (Lipinski definition) is 1. The predicted molar refractivity (Wildman–Crippen MR) is 72.1 cm³/mol. The van der Waals surface area contributed by atoms with Crippen molar-refractivity contribution in [2.45, 2.75) is 33.3 Å². The first-order chi connectivity index (χ1) is 8.31. The normalized spacial score (nSPS) is 10.9. The molecule has 100 valence electrons. The first-order valence-electron chi connectivity index (χ1n) is 5.92. The van der Waals surface area contributed by atoms with Crippen LogP contribution < -0.4 is 10.1 Å². The lowest BCUT2D eigenvalue weighted by molar-refractivity contribution is -0.152. The van der Waals surface area contributed by atoms with Gasteiger partial charge in [-0.15, -0.1) is 0 Å². The SMILES string of the molecule is COc1ccc(C)cc1NCC(=O)OC(C)(C)C. The van der Waals surface area contributed by atoms with Gasteiger partial charge in [0.05, 0.1) is 12.8 Å². The Bertz CT molecular complexity index is 422. The van der Waals surface area contributed by atoms with E-state index in [2.05, 4.69) is 5.32 Å². The van der Waals surface area contributed by atoms with Gasteiger partial charge in [-0.1, -0.05) is 6.07 Å². The van der Waals surface area contributed by atoms with Crippen LogP contribution in [0.2, 0.25) is 0 Å². The second kappa shape index (κ2) is 5.76. The van der Waals surface area contributed by atoms with Gasteiger partial charge in [-0.05, 0) is 45.4 Å². The van der Waals surface area contributed by atoms with Gasteiger partial charge in [0.25, 0.3) is 0 Å². The van der Waals surface area contributed by atoms with Crippen LogP contribution in [0.1, 0.15) is 26.3 Å². The zero-order chi connectivity index (χ0) is 13.8. The third-order valence-corrected chi connectivity index (χ3v) is 2.20. The summed E-state index contributed by atoms with van der Waals surface area (Å²) < 4.78 is 10.4. The van der Waals surface area contributed by atoms with Gasteiger partial charge in [0.1, 0.15) is 17.9 Å². The van der Waals surface area contributed by atoms with Crippen molar-refractivity contribution < 1.29 is 14.3 Å². The molecule has 0 saturated carbocycles. The molecule has 0 heterocycles. The van der Waals surface area contributed by atoms with Gasteiger partial charge in [-0.25, -0.2) is 0 Å². The Balaban J connectivity index is 2.63. The Labute approximate surface area is 108 Å². The molecule has 0 aliphatic rings. The highest BCUT2D eigenvalue weighted by molar-refractivity contribution is 5.76. The van der Waals surface area contributed by atoms with Crippen LogP contribution >= 0.6 is 0 Å². The van der Waals surface area contributed by atoms with Gasteiger partial charge in [0.2, 0.25) is 0 Å². The molecule has 0 spiro atoms. The second-order valence-corrected chi connectivity index (χ2v) is 5.14. The van der Waals surface area contributed by atoms with Crippen molar-refractivity contribution in [2.75, 3.05) is 19.0 Å². The number of ether oxygens (including phenoxy) is 2. The molecule has 0 aliphatic heterocycles. The van der Waals surface area contributed by atoms with E-state index >= 15 is 0 Å². The summed E-state index contributed by atoms with van der Waals surface area (Å²) in [5.41, 5.74) is 1.43. The molecule has 18 heavy (non-hydrogen) atoms. The summed E-state index contributed by atoms with van der Waals surface area (Å²) in [6.45, 7) is 7.64. The lowest BCUT2D eigenvalue weighted by Crippen LogP contribution is -2.28. The summed E-state index contributed by atoms with van der Waals surface area (Å²) >= 11 is 0. The molecule has 0 fully saturated rings. The highest BCUT2D eigenvalue weighted by atomic mass is 16.6. The Kier molecular flexibility index (Phi) is 4.59. The van der Waals surface area contributed by atoms with E-state index in [9.17, 15) is 4.79 Å². The number of anilines is 1. The minimum Gasteiger partial charge on any atom is -0.495 e. The Morgan fingerprint density at radius 1 is 1.33 bits per heavy atom. The van der Waals surface area contributed by atoms with Gasteiger partial charge >= 0.3 is 5.97 Å². The maximum absolute atomic E-state index is 11.6. The van der Waals surface area contributed by atoms with Crippen molar-refractivity contribution in [3.63, 3.8) is 0 Å². The maximum Gasteiger partial charge on any atom is 0.325 e. The van der Waals surface area contributed by atoms with Crippen molar-refractivity contribution in [1.82, 2.24) is 0 Å². The average Bonchev–Trinajstić information content (AvgIpc) is 2.24. The monoisotopic (exact) mass is 251 g/mol. The zero-order valence-electron chi connectivity index (χ0n) is 11.7. The molecular weight excluding hydrogens is 230 g/mol. The van der Waals surface area contributed by atoms with Crippen LogP contribution in [0.25, 0.3) is 0 Å². The molecule has 1 N–H and O–H groups in total. The van der Waals surface area contributed by atoms with Crippen LogP contribution in [0.3, 0.4) is 0 Å². The van der Waals surface area contributed by atoms with Gasteiger partial charge in [-0.3, -0.25) is 4.79 Å². The third-order valence-electron chi connectivity index (χ3n) is 2.20. The van der Waals surface area contributed by atoms with Crippen molar-refractivity contribution in [3.8, 4) is 5.75 Å². The van der Waals surface area contributed by atoms with Crippen LogP contribution in [0, 0.1) is 6.92 Å². The quantitative estimate of drug-likeness (QED) is 0.836. The number of rotatable bonds is 4. The van der Waals surface area contributed by atoms with Crippen molar-refractivity contribution in [3.05, 3.63) is 23.8 Å². The first kappa shape index (κ1) is 14.4. The number of benzene rings is 1. The molecule has 0 atom stereocenters. The number of hydrogen-bond acceptors (Lipinski definition) is 4. The van der Waals surface area contributed by atoms with E-state index in [0.717, 1.165) is 11.3 Å². The molecule has 1 aromatic carbocycles. The van der Waals surface area contributed by atoms with Crippen LogP contribution in [0.4, 0.5) is 5.69 Å². The summed E-state index contributed by atoms with van der Waals surface area (Å²) in [6.07, 6.45) is 0. The van der Waals surface area contributed by atoms with E-state index in [1.807, 2.05) is 45.9 Å². The highest BCUT2D eigenvalue weighted by Gasteiger charge is 2.16. The molecule has 0 unspecified atom stereocenters. The summed E-state index contributed by atoms with van der Waals surface area (Å²) in [5, 5.41) is 3.03. The lowest BCUT2D eigenvalue weighted by Gasteiger charge is -2.20. The van der Waals surface area contributed by atoms with Gasteiger partial charge in [0.15, 0.2) is 0 Å². The van der Waals surface area contributed by atoms with Crippen molar-refractivity contribution >= 4 is 11.7 Å². The molecule has 0 saturated heterocycles. The Hall–Kier alpha value is -1.71. The topological polar surface area (TPSA) is 47.6 Å². The largest absolute Gasteiger partial charge is 0.495 e. The number of carbonyl (C=O) groups excluding carboxylic acids is 1. The minimum absolute atomic E-state index is 0.122. The van der Waals surface area contributed by atoms with E-state index in [1.165, 1.54) is 0 Å². The fraction of sp³-hybridized carbons (Fsp3) is 0.500. The van der Waals surface area contributed by atoms with E-state index in [0.29, 0.717) is 5.75 Å². The number of aryl methyl sites for hydroxylation is 1. The van der Waals surface area contributed by atoms with Gasteiger partial charge in [0, 0.05) is 0 Å². The average molecular weight is 251 g/mol. The number of nitrogens with one attached hydrogen (secondary N) is 1. The van der Waals surface area contributed by atoms with Crippen molar-refractivity contribution in [2.24, 2.45) is 0 Å². The summed E-state index contributed by atoms with van der Waals surface area (Å²) in [4.78, 5) is 11.6. The fourth-order valence-electron chi connectivity index (χ4n) is 1.50. The molecule has 1 rings (SSSR count). The standard InChI is InChI=1S/C14H21NO3/c1-10-6-7-12(17-5)11(8-10)15-9-13(16)18-14(2,3)4/h6-8,15H,9H2,1-5H3. The van der Waals surface area contributed by atoms with Gasteiger partial charge < -0.3 is 14.8 Å². The summed E-state index contributed by atoms with van der Waals surface area (Å²) in [6, 6.07) is 5.76. The predicted octanol–water partition coefficient (Wildman–Crippen LogP) is 2.76. The summed E-state index contributed by atoms with van der Waals surface area (Å²) in [5.74, 6) is 0.426. The van der Waals surface area contributed by atoms with E-state index in [4.69, 9.17) is 9.47 Å². The zero-order valence-corrected chi connectivity index (χ0v) is 11.7. The van der Waals surface area contributed by atoms with E-state index in [-0.39, 0.29) is 12.5 Å². The number of esters is 1. The van der Waals surface area contributed by atoms with Crippen LogP contribution in [-0.4, -0.2) is 25.2 Å². The van der Waals surface area contributed by atoms with Gasteiger partial charge in [-0.2, -0.15) is 0 Å². The number of methoxy groups -OCH3 is 1. The molecule has 4 heteroatoms. The molecule has 0 aromatic heterocycles. The molecule has 0 radical (unpaired) electrons. The maximum atomic E-state index is 11.6. The van der Waals surface area contributed by atoms with Crippen molar-refractivity contribution in [1.29, 1.82) is 0 Å². The molecular formula is C14H21NO3. The molecule has 0 aliphatic carbocycles. The second-order valence-electron chi connectivity index (χ2n) is 5.14. The third kappa shape index (κ3) is 4.65. The first-order valence-corrected chi connectivity index (χ1v) is 5.92. The number of carbonyl (C=O) groups is 1. The minimum atomic E-state index is -0.463. The van der Waals surface area contributed by atoms with E-state index < -0.39 is 5.60 Å². The Morgan fingerprint density at radius 2 is 2.00 bits per heavy atom. The Morgan fingerprint density at radius 3 is 2.56 bits per heavy atom. The van der Waals surface area contributed by atoms with Crippen LogP contribution in [0.5, 0.6) is 5.75 Å².